The van der Waals surface area contributed by atoms with Gasteiger partial charge >= 0.3 is 6.09 Å². The van der Waals surface area contributed by atoms with Crippen molar-refractivity contribution in [1.82, 2.24) is 4.90 Å². The van der Waals surface area contributed by atoms with Crippen molar-refractivity contribution in [2.75, 3.05) is 26.5 Å². The highest BCUT2D eigenvalue weighted by molar-refractivity contribution is 7.86. The number of amides is 1. The van der Waals surface area contributed by atoms with Gasteiger partial charge in [0.05, 0.1) is 19.3 Å². The first-order valence-corrected chi connectivity index (χ1v) is 7.72. The topological polar surface area (TPSA) is 82.1 Å². The van der Waals surface area contributed by atoms with E-state index >= 15 is 0 Å². The van der Waals surface area contributed by atoms with Gasteiger partial charge in [-0.05, 0) is 20.8 Å². The molecular formula is C11H21NO6S. The average molecular weight is 295 g/mol. The van der Waals surface area contributed by atoms with Crippen molar-refractivity contribution in [3.05, 3.63) is 0 Å². The fraction of sp³-hybridized carbons (Fsp3) is 0.909. The van der Waals surface area contributed by atoms with Gasteiger partial charge in [0.15, 0.2) is 0 Å². The van der Waals surface area contributed by atoms with Crippen molar-refractivity contribution in [2.45, 2.75) is 38.6 Å². The lowest BCUT2D eigenvalue weighted by atomic mass is 10.2. The highest BCUT2D eigenvalue weighted by Gasteiger charge is 2.39. The van der Waals surface area contributed by atoms with E-state index in [0.29, 0.717) is 0 Å². The highest BCUT2D eigenvalue weighted by Crippen LogP contribution is 2.20. The lowest BCUT2D eigenvalue weighted by Crippen LogP contribution is -2.36. The normalized spacial score (nSPS) is 24.6. The van der Waals surface area contributed by atoms with Crippen LogP contribution in [0.25, 0.3) is 0 Å². The summed E-state index contributed by atoms with van der Waals surface area (Å²) in [6, 6.07) is 0. The number of nitrogens with zero attached hydrogens (tertiary/aromatic N) is 1. The fourth-order valence-electron chi connectivity index (χ4n) is 1.76. The average Bonchev–Trinajstić information content (AvgIpc) is 2.55. The summed E-state index contributed by atoms with van der Waals surface area (Å²) >= 11 is 0. The number of likely N-dealkylation sites (tertiary alicyclic amines) is 1. The van der Waals surface area contributed by atoms with Crippen LogP contribution in [0.4, 0.5) is 4.79 Å². The molecule has 2 atom stereocenters. The van der Waals surface area contributed by atoms with Crippen molar-refractivity contribution in [3.8, 4) is 0 Å². The van der Waals surface area contributed by atoms with Crippen molar-refractivity contribution in [3.63, 3.8) is 0 Å². The van der Waals surface area contributed by atoms with Gasteiger partial charge in [-0.25, -0.2) is 4.79 Å². The molecule has 0 aromatic heterocycles. The van der Waals surface area contributed by atoms with E-state index in [0.717, 1.165) is 6.26 Å². The summed E-state index contributed by atoms with van der Waals surface area (Å²) in [5, 5.41) is 0. The number of hydrogen-bond donors (Lipinski definition) is 0. The molecule has 112 valence electrons. The van der Waals surface area contributed by atoms with E-state index in [2.05, 4.69) is 0 Å². The number of ether oxygens (including phenoxy) is 2. The van der Waals surface area contributed by atoms with E-state index in [1.54, 1.807) is 20.8 Å². The van der Waals surface area contributed by atoms with Crippen LogP contribution in [-0.2, 0) is 23.8 Å². The van der Waals surface area contributed by atoms with E-state index in [4.69, 9.17) is 13.7 Å². The third-order valence-corrected chi connectivity index (χ3v) is 3.06. The van der Waals surface area contributed by atoms with E-state index in [9.17, 15) is 13.2 Å². The summed E-state index contributed by atoms with van der Waals surface area (Å²) in [6.45, 7) is 5.66. The first-order chi connectivity index (χ1) is 8.52. The minimum atomic E-state index is -3.59. The monoisotopic (exact) mass is 295 g/mol. The van der Waals surface area contributed by atoms with Crippen molar-refractivity contribution in [2.24, 2.45) is 0 Å². The SMILES string of the molecule is COC1CN(C(=O)OC(C)(C)C)CC1OS(C)(=O)=O. The molecule has 1 aliphatic rings. The molecule has 1 saturated heterocycles. The quantitative estimate of drug-likeness (QED) is 0.709. The molecule has 1 heterocycles. The first kappa shape index (κ1) is 16.2. The summed E-state index contributed by atoms with van der Waals surface area (Å²) < 4.78 is 37.6. The van der Waals surface area contributed by atoms with E-state index in [1.807, 2.05) is 0 Å². The molecule has 0 bridgehead atoms. The number of methoxy groups -OCH3 is 1. The second-order valence-electron chi connectivity index (χ2n) is 5.50. The third kappa shape index (κ3) is 5.33. The minimum absolute atomic E-state index is 0.125. The van der Waals surface area contributed by atoms with Crippen molar-refractivity contribution < 1.29 is 26.9 Å². The Bertz CT molecular complexity index is 427. The zero-order valence-corrected chi connectivity index (χ0v) is 12.7. The minimum Gasteiger partial charge on any atom is -0.444 e. The smallest absolute Gasteiger partial charge is 0.410 e. The Morgan fingerprint density at radius 2 is 1.74 bits per heavy atom. The number of hydrogen-bond acceptors (Lipinski definition) is 6. The zero-order valence-electron chi connectivity index (χ0n) is 11.9. The molecule has 0 aliphatic carbocycles. The Morgan fingerprint density at radius 1 is 1.21 bits per heavy atom. The van der Waals surface area contributed by atoms with Gasteiger partial charge < -0.3 is 14.4 Å². The van der Waals surface area contributed by atoms with Crippen molar-refractivity contribution in [1.29, 1.82) is 0 Å². The highest BCUT2D eigenvalue weighted by atomic mass is 32.2. The molecule has 0 spiro atoms. The summed E-state index contributed by atoms with van der Waals surface area (Å²) in [6.07, 6.45) is -0.723. The van der Waals surface area contributed by atoms with Crippen LogP contribution in [-0.4, -0.2) is 63.7 Å². The molecule has 0 N–H and O–H groups in total. The van der Waals surface area contributed by atoms with Crippen LogP contribution in [0.15, 0.2) is 0 Å². The molecule has 1 amide bonds. The lowest BCUT2D eigenvalue weighted by Gasteiger charge is -2.24. The molecule has 0 radical (unpaired) electrons. The maximum absolute atomic E-state index is 11.9. The second kappa shape index (κ2) is 5.64. The van der Waals surface area contributed by atoms with Gasteiger partial charge in [0.25, 0.3) is 10.1 Å². The Labute approximate surface area is 113 Å². The summed E-state index contributed by atoms with van der Waals surface area (Å²) in [5.41, 5.74) is -0.602. The molecule has 1 aliphatic heterocycles. The van der Waals surface area contributed by atoms with Crippen LogP contribution < -0.4 is 0 Å². The Kier molecular flexibility index (Phi) is 4.81. The summed E-state index contributed by atoms with van der Waals surface area (Å²) in [7, 11) is -2.15. The molecule has 8 heteroatoms. The molecular weight excluding hydrogens is 274 g/mol. The van der Waals surface area contributed by atoms with Gasteiger partial charge in [0.1, 0.15) is 17.8 Å². The fourth-order valence-corrected chi connectivity index (χ4v) is 2.40. The number of carbonyl (C=O) groups is 1. The zero-order chi connectivity index (χ0) is 14.8. The van der Waals surface area contributed by atoms with Crippen LogP contribution in [0, 0.1) is 0 Å². The van der Waals surface area contributed by atoms with Crippen LogP contribution in [0.2, 0.25) is 0 Å². The first-order valence-electron chi connectivity index (χ1n) is 5.91. The predicted octanol–water partition coefficient (Wildman–Crippen LogP) is 0.597. The van der Waals surface area contributed by atoms with Crippen LogP contribution in [0.5, 0.6) is 0 Å². The van der Waals surface area contributed by atoms with Gasteiger partial charge in [-0.3, -0.25) is 4.18 Å². The van der Waals surface area contributed by atoms with Gasteiger partial charge in [0.2, 0.25) is 0 Å². The maximum atomic E-state index is 11.9. The lowest BCUT2D eigenvalue weighted by molar-refractivity contribution is 0.0244. The van der Waals surface area contributed by atoms with Crippen LogP contribution in [0.3, 0.4) is 0 Å². The molecule has 1 rings (SSSR count). The largest absolute Gasteiger partial charge is 0.444 e. The summed E-state index contributed by atoms with van der Waals surface area (Å²) in [4.78, 5) is 13.3. The van der Waals surface area contributed by atoms with Gasteiger partial charge in [-0.15, -0.1) is 0 Å². The molecule has 0 saturated carbocycles. The third-order valence-electron chi connectivity index (χ3n) is 2.47. The number of rotatable bonds is 3. The molecule has 7 nitrogen and oxygen atoms in total. The van der Waals surface area contributed by atoms with Gasteiger partial charge in [-0.1, -0.05) is 0 Å². The van der Waals surface area contributed by atoms with E-state index in [1.165, 1.54) is 12.0 Å². The van der Waals surface area contributed by atoms with Crippen LogP contribution in [0.1, 0.15) is 20.8 Å². The molecule has 2 unspecified atom stereocenters. The Balaban J connectivity index is 2.69. The van der Waals surface area contributed by atoms with Crippen molar-refractivity contribution >= 4 is 16.2 Å². The molecule has 19 heavy (non-hydrogen) atoms. The maximum Gasteiger partial charge on any atom is 0.410 e. The Hall–Kier alpha value is -0.860. The summed E-state index contributed by atoms with van der Waals surface area (Å²) in [5.74, 6) is 0. The van der Waals surface area contributed by atoms with E-state index < -0.39 is 34.0 Å². The van der Waals surface area contributed by atoms with Crippen LogP contribution >= 0.6 is 0 Å². The predicted molar refractivity (Wildman–Crippen MR) is 68.3 cm³/mol. The Morgan fingerprint density at radius 3 is 2.16 bits per heavy atom. The molecule has 0 aromatic carbocycles. The standard InChI is InChI=1S/C11H21NO6S/c1-11(2,3)17-10(13)12-6-8(16-4)9(7-12)18-19(5,14)15/h8-9H,6-7H2,1-5H3. The van der Waals surface area contributed by atoms with Gasteiger partial charge in [0, 0.05) is 7.11 Å². The molecule has 1 fully saturated rings. The molecule has 0 aromatic rings. The van der Waals surface area contributed by atoms with E-state index in [-0.39, 0.29) is 13.1 Å². The second-order valence-corrected chi connectivity index (χ2v) is 7.10. The van der Waals surface area contributed by atoms with Gasteiger partial charge in [-0.2, -0.15) is 8.42 Å². The number of carbonyl (C=O) groups excluding carboxylic acids is 1.